The number of carbonyl (C=O) groups is 2. The number of aryl methyl sites for hydroxylation is 1. The fourth-order valence-electron chi connectivity index (χ4n) is 4.56. The Labute approximate surface area is 230 Å². The maximum absolute atomic E-state index is 14.1. The van der Waals surface area contributed by atoms with Gasteiger partial charge in [0.2, 0.25) is 11.8 Å². The van der Waals surface area contributed by atoms with Gasteiger partial charge in [-0.05, 0) is 74.6 Å². The molecule has 0 aliphatic heterocycles. The minimum absolute atomic E-state index is 0.0425. The van der Waals surface area contributed by atoms with Gasteiger partial charge in [-0.25, -0.2) is 4.68 Å². The van der Waals surface area contributed by atoms with Crippen LogP contribution in [-0.4, -0.2) is 50.9 Å². The molecular weight excluding hydrogens is 490 g/mol. The zero-order chi connectivity index (χ0) is 28.0. The summed E-state index contributed by atoms with van der Waals surface area (Å²) >= 11 is 0. The van der Waals surface area contributed by atoms with Crippen molar-refractivity contribution in [2.75, 3.05) is 13.7 Å². The molecule has 4 aromatic rings. The molecule has 0 spiro atoms. The van der Waals surface area contributed by atoms with Crippen LogP contribution in [0, 0.1) is 6.92 Å². The zero-order valence-corrected chi connectivity index (χ0v) is 23.3. The Morgan fingerprint density at radius 2 is 1.79 bits per heavy atom. The molecule has 8 nitrogen and oxygen atoms in total. The summed E-state index contributed by atoms with van der Waals surface area (Å²) in [4.78, 5) is 29.7. The van der Waals surface area contributed by atoms with Crippen molar-refractivity contribution in [3.05, 3.63) is 89.5 Å². The Kier molecular flexibility index (Phi) is 8.64. The number of hydrogen-bond acceptors (Lipinski definition) is 5. The molecule has 1 N–H and O–H groups in total. The van der Waals surface area contributed by atoms with Crippen molar-refractivity contribution < 1.29 is 14.3 Å². The predicted octanol–water partition coefficient (Wildman–Crippen LogP) is 4.87. The maximum atomic E-state index is 14.1. The number of carbonyl (C=O) groups excluding carboxylic acids is 2. The van der Waals surface area contributed by atoms with Gasteiger partial charge in [-0.15, -0.1) is 5.10 Å². The number of nitrogens with zero attached hydrogens (tertiary/aromatic N) is 4. The van der Waals surface area contributed by atoms with E-state index in [0.29, 0.717) is 29.8 Å². The summed E-state index contributed by atoms with van der Waals surface area (Å²) < 4.78 is 7.06. The molecule has 1 aromatic heterocycles. The molecule has 0 saturated carbocycles. The highest BCUT2D eigenvalue weighted by Crippen LogP contribution is 2.27. The Morgan fingerprint density at radius 3 is 2.54 bits per heavy atom. The normalized spacial score (nSPS) is 12.2. The topological polar surface area (TPSA) is 89.4 Å². The fraction of sp³-hybridized carbons (Fsp3) is 0.355. The fourth-order valence-corrected chi connectivity index (χ4v) is 4.56. The lowest BCUT2D eigenvalue weighted by Crippen LogP contribution is -2.51. The summed E-state index contributed by atoms with van der Waals surface area (Å²) in [6.45, 7) is 8.34. The second kappa shape index (κ2) is 12.1. The summed E-state index contributed by atoms with van der Waals surface area (Å²) in [5.74, 6) is 0.154. The van der Waals surface area contributed by atoms with Crippen molar-refractivity contribution in [1.29, 1.82) is 0 Å². The monoisotopic (exact) mass is 527 g/mol. The number of nitrogens with one attached hydrogen (secondary N) is 1. The van der Waals surface area contributed by atoms with Crippen LogP contribution < -0.4 is 10.1 Å². The van der Waals surface area contributed by atoms with E-state index in [1.165, 1.54) is 0 Å². The molecular formula is C31H37N5O3. The molecule has 0 fully saturated rings. The van der Waals surface area contributed by atoms with Crippen molar-refractivity contribution in [3.63, 3.8) is 0 Å². The van der Waals surface area contributed by atoms with E-state index in [1.54, 1.807) is 16.7 Å². The van der Waals surface area contributed by atoms with E-state index < -0.39 is 11.6 Å². The maximum Gasteiger partial charge on any atom is 0.247 e. The van der Waals surface area contributed by atoms with Crippen LogP contribution in [0.15, 0.2) is 72.8 Å². The molecule has 4 rings (SSSR count). The molecule has 1 atom stereocenters. The Balaban J connectivity index is 1.75. The lowest BCUT2D eigenvalue weighted by Gasteiger charge is -2.35. The summed E-state index contributed by atoms with van der Waals surface area (Å²) in [6.07, 6.45) is 1.34. The van der Waals surface area contributed by atoms with Crippen LogP contribution in [0.5, 0.6) is 5.75 Å². The predicted molar refractivity (Wildman–Crippen MR) is 152 cm³/mol. The van der Waals surface area contributed by atoms with E-state index in [2.05, 4.69) is 34.7 Å². The molecule has 39 heavy (non-hydrogen) atoms. The molecule has 2 amide bonds. The molecule has 0 aliphatic rings. The van der Waals surface area contributed by atoms with Crippen molar-refractivity contribution in [2.45, 2.75) is 58.7 Å². The molecule has 0 saturated heterocycles. The van der Waals surface area contributed by atoms with Crippen molar-refractivity contribution in [3.8, 4) is 5.75 Å². The largest absolute Gasteiger partial charge is 0.497 e. The van der Waals surface area contributed by atoms with Gasteiger partial charge in [-0.1, -0.05) is 60.7 Å². The van der Waals surface area contributed by atoms with Crippen molar-refractivity contribution in [2.24, 2.45) is 0 Å². The molecule has 204 valence electrons. The van der Waals surface area contributed by atoms with E-state index in [9.17, 15) is 9.59 Å². The van der Waals surface area contributed by atoms with E-state index in [4.69, 9.17) is 4.74 Å². The second-order valence-electron chi connectivity index (χ2n) is 10.4. The third kappa shape index (κ3) is 6.63. The van der Waals surface area contributed by atoms with Crippen LogP contribution >= 0.6 is 0 Å². The number of para-hydroxylation sites is 1. The first-order valence-electron chi connectivity index (χ1n) is 13.3. The number of hydrogen-bond donors (Lipinski definition) is 1. The quantitative estimate of drug-likeness (QED) is 0.301. The van der Waals surface area contributed by atoms with Crippen molar-refractivity contribution >= 4 is 22.8 Å². The van der Waals surface area contributed by atoms with Gasteiger partial charge in [0, 0.05) is 12.1 Å². The molecule has 0 aliphatic carbocycles. The second-order valence-corrected chi connectivity index (χ2v) is 10.4. The average molecular weight is 528 g/mol. The van der Waals surface area contributed by atoms with Gasteiger partial charge in [-0.2, -0.15) is 0 Å². The number of aromatic nitrogens is 3. The highest BCUT2D eigenvalue weighted by Gasteiger charge is 2.34. The Bertz CT molecular complexity index is 1440. The van der Waals surface area contributed by atoms with Gasteiger partial charge in [0.1, 0.15) is 23.9 Å². The minimum Gasteiger partial charge on any atom is -0.497 e. The third-order valence-corrected chi connectivity index (χ3v) is 7.22. The third-order valence-electron chi connectivity index (χ3n) is 7.22. The van der Waals surface area contributed by atoms with Gasteiger partial charge in [0.25, 0.3) is 0 Å². The highest BCUT2D eigenvalue weighted by molar-refractivity contribution is 5.89. The first-order valence-corrected chi connectivity index (χ1v) is 13.3. The van der Waals surface area contributed by atoms with Gasteiger partial charge in [0.05, 0.1) is 12.6 Å². The molecule has 0 unspecified atom stereocenters. The first kappa shape index (κ1) is 27.8. The standard InChI is InChI=1S/C31H37N5O3/c1-6-31(3,4)32-30(38)29(24-14-11-15-25(20-24)39-5)35(19-18-23-13-8-7-12-22(23)2)28(37)21-36-27-17-10-9-16-26(27)33-34-36/h7-17,20,29H,6,18-19,21H2,1-5H3,(H,32,38)/t29-/m0/s1. The van der Waals surface area contributed by atoms with E-state index in [1.807, 2.05) is 81.4 Å². The molecule has 0 radical (unpaired) electrons. The number of fused-ring (bicyclic) bond motifs is 1. The molecule has 0 bridgehead atoms. The summed E-state index contributed by atoms with van der Waals surface area (Å²) in [6, 6.07) is 22.1. The number of amides is 2. The number of benzene rings is 3. The van der Waals surface area contributed by atoms with Crippen LogP contribution in [-0.2, 0) is 22.6 Å². The number of ether oxygens (including phenoxy) is 1. The minimum atomic E-state index is -0.864. The smallest absolute Gasteiger partial charge is 0.247 e. The zero-order valence-electron chi connectivity index (χ0n) is 23.3. The van der Waals surface area contributed by atoms with Gasteiger partial charge in [0.15, 0.2) is 0 Å². The van der Waals surface area contributed by atoms with Gasteiger partial charge >= 0.3 is 0 Å². The summed E-state index contributed by atoms with van der Waals surface area (Å²) in [5.41, 5.74) is 3.98. The lowest BCUT2D eigenvalue weighted by atomic mass is 9.97. The SMILES string of the molecule is CCC(C)(C)NC(=O)[C@H](c1cccc(OC)c1)N(CCc1ccccc1C)C(=O)Cn1nnc2ccccc21. The van der Waals surface area contributed by atoms with Crippen LogP contribution in [0.2, 0.25) is 0 Å². The van der Waals surface area contributed by atoms with E-state index in [0.717, 1.165) is 23.1 Å². The van der Waals surface area contributed by atoms with Gasteiger partial charge < -0.3 is 15.0 Å². The molecule has 3 aromatic carbocycles. The number of rotatable bonds is 11. The summed E-state index contributed by atoms with van der Waals surface area (Å²) in [7, 11) is 1.59. The average Bonchev–Trinajstić information content (AvgIpc) is 3.34. The van der Waals surface area contributed by atoms with E-state index in [-0.39, 0.29) is 18.4 Å². The number of methoxy groups -OCH3 is 1. The van der Waals surface area contributed by atoms with Crippen LogP contribution in [0.3, 0.4) is 0 Å². The van der Waals surface area contributed by atoms with Gasteiger partial charge in [-0.3, -0.25) is 9.59 Å². The molecule has 8 heteroatoms. The van der Waals surface area contributed by atoms with Crippen LogP contribution in [0.1, 0.15) is 49.9 Å². The Hall–Kier alpha value is -4.20. The first-order chi connectivity index (χ1) is 18.7. The summed E-state index contributed by atoms with van der Waals surface area (Å²) in [5, 5.41) is 11.6. The van der Waals surface area contributed by atoms with Crippen LogP contribution in [0.25, 0.3) is 11.0 Å². The lowest BCUT2D eigenvalue weighted by molar-refractivity contribution is -0.142. The van der Waals surface area contributed by atoms with Crippen LogP contribution in [0.4, 0.5) is 0 Å². The highest BCUT2D eigenvalue weighted by atomic mass is 16.5. The Morgan fingerprint density at radius 1 is 1.05 bits per heavy atom. The molecule has 1 heterocycles. The van der Waals surface area contributed by atoms with E-state index >= 15 is 0 Å². The van der Waals surface area contributed by atoms with Crippen molar-refractivity contribution in [1.82, 2.24) is 25.2 Å².